The lowest BCUT2D eigenvalue weighted by molar-refractivity contribution is -0.383. The zero-order valence-electron chi connectivity index (χ0n) is 18.7. The van der Waals surface area contributed by atoms with Crippen LogP contribution in [0.3, 0.4) is 0 Å². The fourth-order valence-electron chi connectivity index (χ4n) is 4.33. The molecule has 172 valence electrons. The second-order valence-electron chi connectivity index (χ2n) is 8.08. The minimum Gasteiger partial charge on any atom is -0.496 e. The van der Waals surface area contributed by atoms with Crippen LogP contribution in [0.25, 0.3) is 10.8 Å². The maximum absolute atomic E-state index is 12.6. The third kappa shape index (κ3) is 4.88. The van der Waals surface area contributed by atoms with Crippen LogP contribution in [0.1, 0.15) is 18.5 Å². The van der Waals surface area contributed by atoms with Crippen molar-refractivity contribution in [3.05, 3.63) is 70.5 Å². The quantitative estimate of drug-likeness (QED) is 0.437. The maximum Gasteiger partial charge on any atom is 0.278 e. The van der Waals surface area contributed by atoms with Crippen LogP contribution in [-0.4, -0.2) is 60.5 Å². The third-order valence-electron chi connectivity index (χ3n) is 6.03. The summed E-state index contributed by atoms with van der Waals surface area (Å²) in [7, 11) is 1.62. The smallest absolute Gasteiger partial charge is 0.278 e. The SMILES string of the molecule is COc1ccccc1C(C)NC(=O)CN1CCN(c2ccc([N+](=O)[O-])c3cnccc23)CC1. The molecule has 4 rings (SSSR count). The van der Waals surface area contributed by atoms with Gasteiger partial charge in [0.25, 0.3) is 5.69 Å². The Hall–Kier alpha value is -3.72. The van der Waals surface area contributed by atoms with Gasteiger partial charge in [0.05, 0.1) is 30.0 Å². The van der Waals surface area contributed by atoms with Gasteiger partial charge in [-0.1, -0.05) is 18.2 Å². The Morgan fingerprint density at radius 1 is 1.15 bits per heavy atom. The number of non-ortho nitro benzene ring substituents is 1. The second-order valence-corrected chi connectivity index (χ2v) is 8.08. The van der Waals surface area contributed by atoms with Crippen molar-refractivity contribution in [2.24, 2.45) is 0 Å². The number of rotatable bonds is 7. The predicted octanol–water partition coefficient (Wildman–Crippen LogP) is 3.15. The number of aromatic nitrogens is 1. The lowest BCUT2D eigenvalue weighted by Gasteiger charge is -2.36. The van der Waals surface area contributed by atoms with E-state index in [1.807, 2.05) is 37.3 Å². The van der Waals surface area contributed by atoms with Gasteiger partial charge in [0.15, 0.2) is 0 Å². The van der Waals surface area contributed by atoms with Crippen molar-refractivity contribution in [1.29, 1.82) is 0 Å². The van der Waals surface area contributed by atoms with Crippen LogP contribution in [0.4, 0.5) is 11.4 Å². The highest BCUT2D eigenvalue weighted by Crippen LogP contribution is 2.33. The summed E-state index contributed by atoms with van der Waals surface area (Å²) >= 11 is 0. The molecule has 1 amide bonds. The van der Waals surface area contributed by atoms with Gasteiger partial charge in [-0.15, -0.1) is 0 Å². The number of carbonyl (C=O) groups excluding carboxylic acids is 1. The first-order valence-electron chi connectivity index (χ1n) is 10.9. The molecule has 1 aliphatic rings. The summed E-state index contributed by atoms with van der Waals surface area (Å²) in [6, 6.07) is 12.7. The summed E-state index contributed by atoms with van der Waals surface area (Å²) < 4.78 is 5.39. The van der Waals surface area contributed by atoms with E-state index in [1.165, 1.54) is 0 Å². The van der Waals surface area contributed by atoms with E-state index in [1.54, 1.807) is 31.6 Å². The first kappa shape index (κ1) is 22.5. The van der Waals surface area contributed by atoms with Crippen molar-refractivity contribution in [2.75, 3.05) is 44.7 Å². The van der Waals surface area contributed by atoms with Crippen LogP contribution in [0.5, 0.6) is 5.75 Å². The van der Waals surface area contributed by atoms with Crippen LogP contribution in [0, 0.1) is 10.1 Å². The van der Waals surface area contributed by atoms with Crippen molar-refractivity contribution in [2.45, 2.75) is 13.0 Å². The average molecular weight is 450 g/mol. The molecule has 1 atom stereocenters. The molecule has 1 unspecified atom stereocenters. The van der Waals surface area contributed by atoms with Gasteiger partial charge in [0.1, 0.15) is 5.75 Å². The molecule has 33 heavy (non-hydrogen) atoms. The number of piperazine rings is 1. The molecule has 1 saturated heterocycles. The first-order valence-corrected chi connectivity index (χ1v) is 10.9. The molecule has 0 spiro atoms. The number of nitrogens with zero attached hydrogens (tertiary/aromatic N) is 4. The number of nitrogens with one attached hydrogen (secondary N) is 1. The molecule has 1 aliphatic heterocycles. The number of hydrogen-bond donors (Lipinski definition) is 1. The number of nitro groups is 1. The minimum atomic E-state index is -0.379. The predicted molar refractivity (Wildman–Crippen MR) is 127 cm³/mol. The average Bonchev–Trinajstić information content (AvgIpc) is 2.83. The van der Waals surface area contributed by atoms with E-state index in [4.69, 9.17) is 4.74 Å². The summed E-state index contributed by atoms with van der Waals surface area (Å²) in [5.41, 5.74) is 1.95. The number of benzene rings is 2. The fourth-order valence-corrected chi connectivity index (χ4v) is 4.33. The van der Waals surface area contributed by atoms with Crippen LogP contribution in [0.2, 0.25) is 0 Å². The summed E-state index contributed by atoms with van der Waals surface area (Å²) in [6.07, 6.45) is 3.19. The fraction of sp³-hybridized carbons (Fsp3) is 0.333. The van der Waals surface area contributed by atoms with E-state index < -0.39 is 0 Å². The molecule has 2 heterocycles. The first-order chi connectivity index (χ1) is 16.0. The lowest BCUT2D eigenvalue weighted by Crippen LogP contribution is -2.49. The molecule has 0 saturated carbocycles. The van der Waals surface area contributed by atoms with Crippen LogP contribution < -0.4 is 15.0 Å². The second kappa shape index (κ2) is 9.83. The van der Waals surface area contributed by atoms with Crippen molar-refractivity contribution in [1.82, 2.24) is 15.2 Å². The lowest BCUT2D eigenvalue weighted by atomic mass is 10.1. The Kier molecular flexibility index (Phi) is 6.69. The number of para-hydroxylation sites is 1. The molecule has 9 heteroatoms. The van der Waals surface area contributed by atoms with Crippen molar-refractivity contribution in [3.63, 3.8) is 0 Å². The van der Waals surface area contributed by atoms with Gasteiger partial charge in [-0.3, -0.25) is 24.8 Å². The Bertz CT molecular complexity index is 1160. The third-order valence-corrected chi connectivity index (χ3v) is 6.03. The summed E-state index contributed by atoms with van der Waals surface area (Å²) in [6.45, 7) is 5.16. The van der Waals surface area contributed by atoms with E-state index in [2.05, 4.69) is 20.1 Å². The molecule has 0 bridgehead atoms. The minimum absolute atomic E-state index is 0.0336. The van der Waals surface area contributed by atoms with Crippen LogP contribution >= 0.6 is 0 Å². The topological polar surface area (TPSA) is 101 Å². The standard InChI is InChI=1S/C24H27N5O4/c1-17(18-5-3-4-6-23(18)33-2)26-24(30)16-27-11-13-28(14-12-27)21-7-8-22(29(31)32)20-15-25-10-9-19(20)21/h3-10,15,17H,11-14,16H2,1-2H3,(H,26,30). The summed E-state index contributed by atoms with van der Waals surface area (Å²) in [5, 5.41) is 15.8. The number of hydrogen-bond acceptors (Lipinski definition) is 7. The number of anilines is 1. The Morgan fingerprint density at radius 3 is 2.64 bits per heavy atom. The molecule has 3 aromatic rings. The number of methoxy groups -OCH3 is 1. The Labute approximate surface area is 192 Å². The number of carbonyl (C=O) groups is 1. The molecule has 0 aliphatic carbocycles. The van der Waals surface area contributed by atoms with Gasteiger partial charge in [0.2, 0.25) is 5.91 Å². The summed E-state index contributed by atoms with van der Waals surface area (Å²) in [5.74, 6) is 0.721. The Balaban J connectivity index is 1.37. The molecule has 9 nitrogen and oxygen atoms in total. The number of pyridine rings is 1. The molecular formula is C24H27N5O4. The van der Waals surface area contributed by atoms with Crippen molar-refractivity contribution >= 4 is 28.1 Å². The van der Waals surface area contributed by atoms with Gasteiger partial charge in [-0.2, -0.15) is 0 Å². The van der Waals surface area contributed by atoms with E-state index in [0.717, 1.165) is 48.6 Å². The normalized spacial score (nSPS) is 15.3. The van der Waals surface area contributed by atoms with Crippen molar-refractivity contribution in [3.8, 4) is 5.75 Å². The van der Waals surface area contributed by atoms with E-state index >= 15 is 0 Å². The van der Waals surface area contributed by atoms with Gasteiger partial charge in [-0.05, 0) is 25.1 Å². The molecule has 1 N–H and O–H groups in total. The monoisotopic (exact) mass is 449 g/mol. The zero-order valence-corrected chi connectivity index (χ0v) is 18.7. The molecule has 0 radical (unpaired) electrons. The van der Waals surface area contributed by atoms with Gasteiger partial charge in [-0.25, -0.2) is 0 Å². The molecular weight excluding hydrogens is 422 g/mol. The Morgan fingerprint density at radius 2 is 1.91 bits per heavy atom. The number of nitro benzene ring substituents is 1. The molecule has 1 aromatic heterocycles. The highest BCUT2D eigenvalue weighted by atomic mass is 16.6. The highest BCUT2D eigenvalue weighted by molar-refractivity contribution is 5.99. The highest BCUT2D eigenvalue weighted by Gasteiger charge is 2.23. The van der Waals surface area contributed by atoms with Gasteiger partial charge >= 0.3 is 0 Å². The van der Waals surface area contributed by atoms with Crippen LogP contribution in [-0.2, 0) is 4.79 Å². The van der Waals surface area contributed by atoms with Gasteiger partial charge < -0.3 is 15.0 Å². The summed E-state index contributed by atoms with van der Waals surface area (Å²) in [4.78, 5) is 32.0. The van der Waals surface area contributed by atoms with E-state index in [-0.39, 0.29) is 22.6 Å². The number of fused-ring (bicyclic) bond motifs is 1. The maximum atomic E-state index is 12.6. The van der Waals surface area contributed by atoms with Crippen molar-refractivity contribution < 1.29 is 14.5 Å². The largest absolute Gasteiger partial charge is 0.496 e. The van der Waals surface area contributed by atoms with Crippen LogP contribution in [0.15, 0.2) is 54.9 Å². The number of ether oxygens (including phenoxy) is 1. The zero-order chi connectivity index (χ0) is 23.4. The van der Waals surface area contributed by atoms with Gasteiger partial charge in [0, 0.05) is 61.3 Å². The number of amides is 1. The van der Waals surface area contributed by atoms with E-state index in [9.17, 15) is 14.9 Å². The van der Waals surface area contributed by atoms with E-state index in [0.29, 0.717) is 11.9 Å². The molecule has 2 aromatic carbocycles. The molecule has 1 fully saturated rings.